The Kier molecular flexibility index (Phi) is 3.86. The van der Waals surface area contributed by atoms with E-state index in [2.05, 4.69) is 22.4 Å². The highest BCUT2D eigenvalue weighted by Gasteiger charge is 2.11. The van der Waals surface area contributed by atoms with E-state index in [1.165, 1.54) is 0 Å². The maximum atomic E-state index is 6.02. The zero-order valence-corrected chi connectivity index (χ0v) is 10.9. The first-order valence-corrected chi connectivity index (χ1v) is 6.26. The van der Waals surface area contributed by atoms with Crippen molar-refractivity contribution in [3.05, 3.63) is 24.2 Å². The second-order valence-electron chi connectivity index (χ2n) is 4.27. The zero-order chi connectivity index (χ0) is 13.0. The molecule has 0 aliphatic rings. The molecule has 2 aromatic rings. The average Bonchev–Trinajstić information content (AvgIpc) is 2.94. The lowest BCUT2D eigenvalue weighted by Gasteiger charge is -2.10. The number of aromatic nitrogens is 4. The molecule has 3 N–H and O–H groups in total. The maximum absolute atomic E-state index is 6.02. The van der Waals surface area contributed by atoms with Gasteiger partial charge in [-0.1, -0.05) is 6.92 Å². The minimum absolute atomic E-state index is 0.740. The lowest BCUT2D eigenvalue weighted by Crippen LogP contribution is -2.15. The number of hydrogen-bond acceptors (Lipinski definition) is 4. The topological polar surface area (TPSA) is 73.7 Å². The minimum Gasteiger partial charge on any atom is -0.394 e. The molecular formula is C12H20N6. The van der Waals surface area contributed by atoms with Gasteiger partial charge in [0, 0.05) is 25.5 Å². The van der Waals surface area contributed by atoms with Crippen LogP contribution >= 0.6 is 0 Å². The predicted octanol–water partition coefficient (Wildman–Crippen LogP) is 1.49. The highest BCUT2D eigenvalue weighted by atomic mass is 15.3. The molecule has 18 heavy (non-hydrogen) atoms. The Balaban J connectivity index is 1.99. The summed E-state index contributed by atoms with van der Waals surface area (Å²) >= 11 is 0. The van der Waals surface area contributed by atoms with Gasteiger partial charge in [0.15, 0.2) is 0 Å². The molecule has 0 unspecified atom stereocenters. The fourth-order valence-electron chi connectivity index (χ4n) is 1.88. The molecule has 2 heterocycles. The smallest absolute Gasteiger partial charge is 0.148 e. The molecule has 0 aliphatic carbocycles. The molecule has 0 fully saturated rings. The second kappa shape index (κ2) is 5.57. The van der Waals surface area contributed by atoms with Gasteiger partial charge in [-0.05, 0) is 19.4 Å². The van der Waals surface area contributed by atoms with Crippen LogP contribution in [0.3, 0.4) is 0 Å². The minimum atomic E-state index is 0.740. The van der Waals surface area contributed by atoms with Crippen molar-refractivity contribution in [1.82, 2.24) is 19.6 Å². The largest absolute Gasteiger partial charge is 0.394 e. The Bertz CT molecular complexity index is 485. The Morgan fingerprint density at radius 2 is 2.22 bits per heavy atom. The van der Waals surface area contributed by atoms with E-state index in [-0.39, 0.29) is 0 Å². The first-order valence-electron chi connectivity index (χ1n) is 6.26. The van der Waals surface area contributed by atoms with Gasteiger partial charge in [-0.25, -0.2) is 4.68 Å². The summed E-state index contributed by atoms with van der Waals surface area (Å²) in [6, 6.07) is 1.92. The van der Waals surface area contributed by atoms with Crippen LogP contribution in [0.4, 0.5) is 11.5 Å². The number of nitrogen functional groups attached to an aromatic ring is 1. The standard InChI is InChI=1S/C12H20N6/c1-3-7-18-12(11(13)10(2)16-18)14-6-9-17-8-4-5-15-17/h4-5,8,14H,3,6-7,9,13H2,1-2H3. The van der Waals surface area contributed by atoms with Crippen molar-refractivity contribution in [2.75, 3.05) is 17.6 Å². The second-order valence-corrected chi connectivity index (χ2v) is 4.27. The highest BCUT2D eigenvalue weighted by Crippen LogP contribution is 2.22. The summed E-state index contributed by atoms with van der Waals surface area (Å²) in [5, 5.41) is 11.9. The van der Waals surface area contributed by atoms with Crippen LogP contribution in [0.2, 0.25) is 0 Å². The van der Waals surface area contributed by atoms with Crippen molar-refractivity contribution in [2.45, 2.75) is 33.4 Å². The molecule has 0 bridgehead atoms. The number of nitrogens with two attached hydrogens (primary N) is 1. The summed E-state index contributed by atoms with van der Waals surface area (Å²) < 4.78 is 3.82. The summed E-state index contributed by atoms with van der Waals surface area (Å²) in [6.07, 6.45) is 4.76. The average molecular weight is 248 g/mol. The summed E-state index contributed by atoms with van der Waals surface area (Å²) in [5.41, 5.74) is 7.64. The molecule has 0 aromatic carbocycles. The molecule has 2 aromatic heterocycles. The van der Waals surface area contributed by atoms with Gasteiger partial charge in [0.2, 0.25) is 0 Å². The number of anilines is 2. The summed E-state index contributed by atoms with van der Waals surface area (Å²) in [7, 11) is 0. The molecule has 0 amide bonds. The molecule has 0 saturated carbocycles. The molecule has 6 heteroatoms. The van der Waals surface area contributed by atoms with Gasteiger partial charge < -0.3 is 11.1 Å². The monoisotopic (exact) mass is 248 g/mol. The van der Waals surface area contributed by atoms with Gasteiger partial charge in [0.1, 0.15) is 5.82 Å². The van der Waals surface area contributed by atoms with Crippen molar-refractivity contribution in [1.29, 1.82) is 0 Å². The molecule has 0 atom stereocenters. The van der Waals surface area contributed by atoms with Crippen molar-refractivity contribution in [2.24, 2.45) is 0 Å². The van der Waals surface area contributed by atoms with E-state index >= 15 is 0 Å². The molecule has 0 radical (unpaired) electrons. The third kappa shape index (κ3) is 2.64. The van der Waals surface area contributed by atoms with E-state index < -0.39 is 0 Å². The van der Waals surface area contributed by atoms with Crippen molar-refractivity contribution in [3.63, 3.8) is 0 Å². The normalized spacial score (nSPS) is 10.8. The van der Waals surface area contributed by atoms with Crippen LogP contribution in [0, 0.1) is 6.92 Å². The maximum Gasteiger partial charge on any atom is 0.148 e. The fourth-order valence-corrected chi connectivity index (χ4v) is 1.88. The third-order valence-corrected chi connectivity index (χ3v) is 2.80. The lowest BCUT2D eigenvalue weighted by atomic mass is 10.4. The van der Waals surface area contributed by atoms with E-state index in [9.17, 15) is 0 Å². The summed E-state index contributed by atoms with van der Waals surface area (Å²) in [4.78, 5) is 0. The zero-order valence-electron chi connectivity index (χ0n) is 10.9. The quantitative estimate of drug-likeness (QED) is 0.812. The summed E-state index contributed by atoms with van der Waals surface area (Å²) in [5.74, 6) is 0.918. The van der Waals surface area contributed by atoms with Gasteiger partial charge in [-0.15, -0.1) is 0 Å². The van der Waals surface area contributed by atoms with Crippen LogP contribution in [-0.2, 0) is 13.1 Å². The number of nitrogens with zero attached hydrogens (tertiary/aromatic N) is 4. The van der Waals surface area contributed by atoms with Crippen molar-refractivity contribution < 1.29 is 0 Å². The Morgan fingerprint density at radius 1 is 1.39 bits per heavy atom. The van der Waals surface area contributed by atoms with Crippen LogP contribution in [0.15, 0.2) is 18.5 Å². The molecule has 0 aliphatic heterocycles. The number of aryl methyl sites for hydroxylation is 2. The van der Waals surface area contributed by atoms with Crippen LogP contribution in [0.25, 0.3) is 0 Å². The third-order valence-electron chi connectivity index (χ3n) is 2.80. The number of rotatable bonds is 6. The number of hydrogen-bond donors (Lipinski definition) is 2. The molecule has 98 valence electrons. The molecule has 2 rings (SSSR count). The Hall–Kier alpha value is -1.98. The molecule has 6 nitrogen and oxygen atoms in total. The van der Waals surface area contributed by atoms with Gasteiger partial charge in [-0.3, -0.25) is 4.68 Å². The van der Waals surface area contributed by atoms with Gasteiger partial charge in [-0.2, -0.15) is 10.2 Å². The first kappa shape index (κ1) is 12.5. The SMILES string of the molecule is CCCn1nc(C)c(N)c1NCCn1cccn1. The lowest BCUT2D eigenvalue weighted by molar-refractivity contribution is 0.594. The molecular weight excluding hydrogens is 228 g/mol. The van der Waals surface area contributed by atoms with Gasteiger partial charge >= 0.3 is 0 Å². The van der Waals surface area contributed by atoms with Crippen LogP contribution in [0.1, 0.15) is 19.0 Å². The van der Waals surface area contributed by atoms with E-state index in [1.807, 2.05) is 28.6 Å². The van der Waals surface area contributed by atoms with Crippen LogP contribution < -0.4 is 11.1 Å². The predicted molar refractivity (Wildman–Crippen MR) is 72.4 cm³/mol. The first-order chi connectivity index (χ1) is 8.72. The molecule has 0 spiro atoms. The highest BCUT2D eigenvalue weighted by molar-refractivity contribution is 5.64. The van der Waals surface area contributed by atoms with Crippen LogP contribution in [0.5, 0.6) is 0 Å². The van der Waals surface area contributed by atoms with Crippen molar-refractivity contribution in [3.8, 4) is 0 Å². The van der Waals surface area contributed by atoms with E-state index in [0.717, 1.165) is 43.3 Å². The fraction of sp³-hybridized carbons (Fsp3) is 0.500. The van der Waals surface area contributed by atoms with Gasteiger partial charge in [0.25, 0.3) is 0 Å². The van der Waals surface area contributed by atoms with E-state index in [0.29, 0.717) is 0 Å². The summed E-state index contributed by atoms with van der Waals surface area (Å²) in [6.45, 7) is 6.52. The van der Waals surface area contributed by atoms with Gasteiger partial charge in [0.05, 0.1) is 17.9 Å². The van der Waals surface area contributed by atoms with Crippen molar-refractivity contribution >= 4 is 11.5 Å². The molecule has 0 saturated heterocycles. The Morgan fingerprint density at radius 3 is 2.89 bits per heavy atom. The van der Waals surface area contributed by atoms with E-state index in [1.54, 1.807) is 6.20 Å². The van der Waals surface area contributed by atoms with E-state index in [4.69, 9.17) is 5.73 Å². The number of nitrogens with one attached hydrogen (secondary N) is 1. The Labute approximate surface area is 107 Å². The van der Waals surface area contributed by atoms with Crippen LogP contribution in [-0.4, -0.2) is 26.1 Å².